The van der Waals surface area contributed by atoms with E-state index < -0.39 is 0 Å². The van der Waals surface area contributed by atoms with Crippen molar-refractivity contribution in [2.45, 2.75) is 71.0 Å². The molecule has 1 aromatic rings. The van der Waals surface area contributed by atoms with Crippen LogP contribution in [-0.2, 0) is 13.1 Å². The number of hydrogen-bond acceptors (Lipinski definition) is 4. The average Bonchev–Trinajstić information content (AvgIpc) is 2.54. The number of aliphatic hydroxyl groups excluding tert-OH is 1. The molecule has 1 aliphatic heterocycles. The van der Waals surface area contributed by atoms with E-state index in [-0.39, 0.29) is 17.8 Å². The number of aromatic nitrogens is 1. The first-order valence-corrected chi connectivity index (χ1v) is 8.93. The molecule has 2 rings (SSSR count). The Morgan fingerprint density at radius 2 is 2.13 bits per heavy atom. The van der Waals surface area contributed by atoms with E-state index in [9.17, 15) is 15.0 Å². The molecule has 2 N–H and O–H groups in total. The first-order chi connectivity index (χ1) is 11.2. The Balaban J connectivity index is 2.15. The van der Waals surface area contributed by atoms with Crippen molar-refractivity contribution < 1.29 is 10.2 Å². The quantitative estimate of drug-likeness (QED) is 0.722. The molecule has 1 saturated heterocycles. The molecule has 1 aliphatic rings. The van der Waals surface area contributed by atoms with Crippen LogP contribution < -0.4 is 5.43 Å². The Kier molecular flexibility index (Phi) is 7.12. The molecular formula is C18H30N2O3. The summed E-state index contributed by atoms with van der Waals surface area (Å²) in [5, 5.41) is 19.0. The smallest absolute Gasteiger partial charge is 0.223 e. The molecule has 5 nitrogen and oxygen atoms in total. The van der Waals surface area contributed by atoms with Crippen LogP contribution in [0.2, 0.25) is 0 Å². The number of nitrogens with zero attached hydrogens (tertiary/aromatic N) is 2. The molecule has 5 heteroatoms. The summed E-state index contributed by atoms with van der Waals surface area (Å²) < 4.78 is 2.02. The zero-order valence-corrected chi connectivity index (χ0v) is 14.2. The third kappa shape index (κ3) is 5.08. The van der Waals surface area contributed by atoms with Gasteiger partial charge in [-0.3, -0.25) is 9.69 Å². The molecule has 1 aromatic heterocycles. The second kappa shape index (κ2) is 9.08. The maximum absolute atomic E-state index is 11.8. The van der Waals surface area contributed by atoms with Crippen LogP contribution in [0.5, 0.6) is 5.75 Å². The largest absolute Gasteiger partial charge is 0.503 e. The van der Waals surface area contributed by atoms with Crippen LogP contribution in [0.3, 0.4) is 0 Å². The van der Waals surface area contributed by atoms with Crippen LogP contribution >= 0.6 is 0 Å². The van der Waals surface area contributed by atoms with Gasteiger partial charge in [0.05, 0.1) is 6.20 Å². The topological polar surface area (TPSA) is 65.7 Å². The van der Waals surface area contributed by atoms with Gasteiger partial charge in [-0.05, 0) is 32.2 Å². The summed E-state index contributed by atoms with van der Waals surface area (Å²) in [5.41, 5.74) is 0.663. The lowest BCUT2D eigenvalue weighted by atomic mass is 9.99. The molecule has 0 saturated carbocycles. The predicted molar refractivity (Wildman–Crippen MR) is 91.6 cm³/mol. The van der Waals surface area contributed by atoms with Crippen LogP contribution in [0.15, 0.2) is 17.1 Å². The van der Waals surface area contributed by atoms with E-state index in [4.69, 9.17) is 0 Å². The lowest BCUT2D eigenvalue weighted by molar-refractivity contribution is 0.109. The number of hydrogen-bond donors (Lipinski definition) is 2. The summed E-state index contributed by atoms with van der Waals surface area (Å²) in [4.78, 5) is 14.2. The van der Waals surface area contributed by atoms with Gasteiger partial charge in [-0.1, -0.05) is 26.2 Å². The molecule has 1 fully saturated rings. The molecule has 0 aromatic carbocycles. The Morgan fingerprint density at radius 1 is 1.30 bits per heavy atom. The molecule has 130 valence electrons. The summed E-state index contributed by atoms with van der Waals surface area (Å²) >= 11 is 0. The second-order valence-electron chi connectivity index (χ2n) is 6.55. The van der Waals surface area contributed by atoms with Crippen molar-refractivity contribution in [3.63, 3.8) is 0 Å². The average molecular weight is 322 g/mol. The lowest BCUT2D eigenvalue weighted by Gasteiger charge is -2.36. The third-order valence-electron chi connectivity index (χ3n) is 4.78. The van der Waals surface area contributed by atoms with Crippen molar-refractivity contribution in [3.8, 4) is 5.75 Å². The number of piperidine rings is 1. The number of aliphatic hydroxyl groups is 1. The number of aryl methyl sites for hydroxylation is 1. The van der Waals surface area contributed by atoms with Crippen molar-refractivity contribution >= 4 is 0 Å². The highest BCUT2D eigenvalue weighted by atomic mass is 16.3. The second-order valence-corrected chi connectivity index (χ2v) is 6.55. The molecular weight excluding hydrogens is 292 g/mol. The summed E-state index contributed by atoms with van der Waals surface area (Å²) in [6.45, 7) is 4.92. The van der Waals surface area contributed by atoms with Gasteiger partial charge in [0.2, 0.25) is 5.43 Å². The maximum Gasteiger partial charge on any atom is 0.223 e. The number of likely N-dealkylation sites (tertiary alicyclic amines) is 1. The first-order valence-electron chi connectivity index (χ1n) is 8.93. The molecule has 2 heterocycles. The summed E-state index contributed by atoms with van der Waals surface area (Å²) in [6, 6.07) is 1.97. The van der Waals surface area contributed by atoms with E-state index >= 15 is 0 Å². The van der Waals surface area contributed by atoms with Crippen LogP contribution in [0.1, 0.15) is 57.6 Å². The van der Waals surface area contributed by atoms with E-state index in [1.54, 1.807) is 12.3 Å². The van der Waals surface area contributed by atoms with E-state index in [1.807, 2.05) is 4.57 Å². The monoisotopic (exact) mass is 322 g/mol. The predicted octanol–water partition coefficient (Wildman–Crippen LogP) is 2.48. The SMILES string of the molecule is CCCCCn1cc(O)c(=O)cc1CN1CCCCC1CCO. The van der Waals surface area contributed by atoms with Crippen molar-refractivity contribution in [1.29, 1.82) is 0 Å². The molecule has 0 bridgehead atoms. The van der Waals surface area contributed by atoms with Gasteiger partial charge in [-0.15, -0.1) is 0 Å². The van der Waals surface area contributed by atoms with E-state index in [1.165, 1.54) is 12.8 Å². The molecule has 0 aliphatic carbocycles. The lowest BCUT2D eigenvalue weighted by Crippen LogP contribution is -2.40. The van der Waals surface area contributed by atoms with Gasteiger partial charge in [0.25, 0.3) is 0 Å². The zero-order valence-electron chi connectivity index (χ0n) is 14.2. The maximum atomic E-state index is 11.8. The van der Waals surface area contributed by atoms with Crippen molar-refractivity contribution in [3.05, 3.63) is 28.2 Å². The molecule has 1 atom stereocenters. The molecule has 1 unspecified atom stereocenters. The zero-order chi connectivity index (χ0) is 16.7. The van der Waals surface area contributed by atoms with Crippen molar-refractivity contribution in [1.82, 2.24) is 9.47 Å². The fourth-order valence-corrected chi connectivity index (χ4v) is 3.43. The summed E-state index contributed by atoms with van der Waals surface area (Å²) in [5.74, 6) is -0.171. The van der Waals surface area contributed by atoms with Gasteiger partial charge in [-0.2, -0.15) is 0 Å². The Hall–Kier alpha value is -1.33. The molecule has 0 amide bonds. The molecule has 0 spiro atoms. The number of pyridine rings is 1. The fraction of sp³-hybridized carbons (Fsp3) is 0.722. The van der Waals surface area contributed by atoms with E-state index in [2.05, 4.69) is 11.8 Å². The highest BCUT2D eigenvalue weighted by molar-refractivity contribution is 5.20. The standard InChI is InChI=1S/C18H30N2O3/c1-2-3-5-9-20-14-18(23)17(22)12-16(20)13-19-10-6-4-7-15(19)8-11-21/h12,14-15,21,23H,2-11,13H2,1H3. The highest BCUT2D eigenvalue weighted by Crippen LogP contribution is 2.22. The van der Waals surface area contributed by atoms with E-state index in [0.29, 0.717) is 12.6 Å². The Morgan fingerprint density at radius 3 is 2.87 bits per heavy atom. The third-order valence-corrected chi connectivity index (χ3v) is 4.78. The van der Waals surface area contributed by atoms with Crippen LogP contribution in [-0.4, -0.2) is 38.9 Å². The first kappa shape index (κ1) is 18.0. The van der Waals surface area contributed by atoms with Crippen molar-refractivity contribution in [2.24, 2.45) is 0 Å². The highest BCUT2D eigenvalue weighted by Gasteiger charge is 2.23. The molecule has 23 heavy (non-hydrogen) atoms. The van der Waals surface area contributed by atoms with Crippen molar-refractivity contribution in [2.75, 3.05) is 13.2 Å². The number of rotatable bonds is 8. The van der Waals surface area contributed by atoms with Crippen LogP contribution in [0.25, 0.3) is 0 Å². The van der Waals surface area contributed by atoms with Gasteiger partial charge in [0.15, 0.2) is 5.75 Å². The van der Waals surface area contributed by atoms with Gasteiger partial charge in [0, 0.05) is 37.5 Å². The number of unbranched alkanes of at least 4 members (excludes halogenated alkanes) is 2. The minimum Gasteiger partial charge on any atom is -0.503 e. The van der Waals surface area contributed by atoms with Gasteiger partial charge < -0.3 is 14.8 Å². The number of aromatic hydroxyl groups is 1. The van der Waals surface area contributed by atoms with E-state index in [0.717, 1.165) is 50.9 Å². The van der Waals surface area contributed by atoms with Gasteiger partial charge in [-0.25, -0.2) is 0 Å². The minimum absolute atomic E-state index is 0.171. The van der Waals surface area contributed by atoms with Gasteiger partial charge in [0.1, 0.15) is 0 Å². The molecule has 0 radical (unpaired) electrons. The Labute approximate surface area is 138 Å². The van der Waals surface area contributed by atoms with Crippen LogP contribution in [0.4, 0.5) is 0 Å². The van der Waals surface area contributed by atoms with Crippen LogP contribution in [0, 0.1) is 0 Å². The minimum atomic E-state index is -0.303. The normalized spacial score (nSPS) is 19.1. The Bertz CT molecular complexity index is 540. The summed E-state index contributed by atoms with van der Waals surface area (Å²) in [7, 11) is 0. The van der Waals surface area contributed by atoms with Gasteiger partial charge >= 0.3 is 0 Å². The fourth-order valence-electron chi connectivity index (χ4n) is 3.43. The summed E-state index contributed by atoms with van der Waals surface area (Å²) in [6.07, 6.45) is 9.19.